The van der Waals surface area contributed by atoms with Crippen LogP contribution in [0.1, 0.15) is 36.1 Å². The second-order valence-electron chi connectivity index (χ2n) is 3.23. The first kappa shape index (κ1) is 11.5. The minimum Gasteiger partial charge on any atom is -0.491 e. The maximum absolute atomic E-state index is 11.5. The number of carbonyl (C=O) groups is 1. The van der Waals surface area contributed by atoms with Crippen LogP contribution in [0.5, 0.6) is 5.75 Å². The Kier molecular flexibility index (Phi) is 3.26. The van der Waals surface area contributed by atoms with Gasteiger partial charge in [-0.15, -0.1) is 0 Å². The van der Waals surface area contributed by atoms with Gasteiger partial charge in [0.1, 0.15) is 5.69 Å². The van der Waals surface area contributed by atoms with Crippen molar-refractivity contribution in [3.63, 3.8) is 0 Å². The number of carbonyl (C=O) groups excluding carboxylic acids is 1. The molecule has 0 radical (unpaired) electrons. The molecule has 1 heterocycles. The number of rotatable bonds is 3. The van der Waals surface area contributed by atoms with Gasteiger partial charge in [-0.25, -0.2) is 0 Å². The number of aliphatic hydroxyl groups is 1. The molecule has 0 aliphatic rings. The van der Waals surface area contributed by atoms with E-state index in [-0.39, 0.29) is 17.2 Å². The van der Waals surface area contributed by atoms with Crippen molar-refractivity contribution in [1.82, 2.24) is 4.98 Å². The first-order valence-corrected chi connectivity index (χ1v) is 4.47. The molecule has 1 atom stereocenters. The highest BCUT2D eigenvalue weighted by Gasteiger charge is 2.15. The fraction of sp³-hybridized carbons (Fsp3) is 0.400. The lowest BCUT2D eigenvalue weighted by atomic mass is 10.2. The van der Waals surface area contributed by atoms with Crippen molar-refractivity contribution in [2.45, 2.75) is 20.0 Å². The van der Waals surface area contributed by atoms with Crippen molar-refractivity contribution in [3.05, 3.63) is 27.7 Å². The van der Waals surface area contributed by atoms with E-state index in [9.17, 15) is 14.7 Å². The molecule has 1 rings (SSSR count). The molecule has 0 saturated carbocycles. The maximum Gasteiger partial charge on any atom is 0.224 e. The second kappa shape index (κ2) is 4.27. The molecule has 0 amide bonds. The van der Waals surface area contributed by atoms with Gasteiger partial charge in [0, 0.05) is 18.7 Å². The predicted molar refractivity (Wildman–Crippen MR) is 54.3 cm³/mol. The molecular weight excluding hydrogens is 198 g/mol. The third kappa shape index (κ3) is 2.24. The molecule has 82 valence electrons. The zero-order valence-electron chi connectivity index (χ0n) is 8.83. The average molecular weight is 211 g/mol. The van der Waals surface area contributed by atoms with Gasteiger partial charge in [-0.3, -0.25) is 9.59 Å². The molecule has 0 saturated heterocycles. The van der Waals surface area contributed by atoms with Crippen LogP contribution in [0.25, 0.3) is 0 Å². The van der Waals surface area contributed by atoms with Crippen LogP contribution in [0.3, 0.4) is 0 Å². The minimum absolute atomic E-state index is 0.0214. The number of aromatic nitrogens is 1. The van der Waals surface area contributed by atoms with Crippen molar-refractivity contribution in [2.75, 3.05) is 7.11 Å². The molecular formula is C10H13NO4. The third-order valence-corrected chi connectivity index (χ3v) is 2.01. The summed E-state index contributed by atoms with van der Waals surface area (Å²) in [4.78, 5) is 25.4. The number of ketones is 1. The van der Waals surface area contributed by atoms with E-state index in [4.69, 9.17) is 4.74 Å². The Morgan fingerprint density at radius 2 is 2.20 bits per heavy atom. The molecule has 0 aliphatic heterocycles. The second-order valence-corrected chi connectivity index (χ2v) is 3.23. The lowest BCUT2D eigenvalue weighted by molar-refractivity contribution is 0.100. The van der Waals surface area contributed by atoms with E-state index >= 15 is 0 Å². The van der Waals surface area contributed by atoms with Gasteiger partial charge in [0.25, 0.3) is 0 Å². The predicted octanol–water partition coefficient (Wildman–Crippen LogP) is 0.639. The van der Waals surface area contributed by atoms with Gasteiger partial charge in [-0.1, -0.05) is 0 Å². The Balaban J connectivity index is 3.46. The van der Waals surface area contributed by atoms with E-state index in [0.717, 1.165) is 0 Å². The van der Waals surface area contributed by atoms with Gasteiger partial charge in [-0.05, 0) is 6.92 Å². The highest BCUT2D eigenvalue weighted by Crippen LogP contribution is 2.15. The van der Waals surface area contributed by atoms with Crippen LogP contribution in [0.4, 0.5) is 0 Å². The lowest BCUT2D eigenvalue weighted by Gasteiger charge is -2.09. The third-order valence-electron chi connectivity index (χ3n) is 2.01. The molecule has 0 bridgehead atoms. The number of hydrogen-bond acceptors (Lipinski definition) is 4. The van der Waals surface area contributed by atoms with Crippen molar-refractivity contribution < 1.29 is 14.6 Å². The number of H-pyrrole nitrogens is 1. The summed E-state index contributed by atoms with van der Waals surface area (Å²) in [5.41, 5.74) is -0.0377. The Labute approximate surface area is 86.7 Å². The first-order chi connectivity index (χ1) is 6.97. The number of nitrogens with one attached hydrogen (secondary N) is 1. The van der Waals surface area contributed by atoms with Crippen LogP contribution in [-0.2, 0) is 0 Å². The molecule has 0 aromatic carbocycles. The van der Waals surface area contributed by atoms with E-state index in [2.05, 4.69) is 4.98 Å². The van der Waals surface area contributed by atoms with Crippen molar-refractivity contribution in [1.29, 1.82) is 0 Å². The SMILES string of the molecule is COc1c(C(C)=O)[nH]c(C(C)O)cc1=O. The summed E-state index contributed by atoms with van der Waals surface area (Å²) in [5.74, 6) is -0.335. The normalized spacial score (nSPS) is 12.3. The lowest BCUT2D eigenvalue weighted by Crippen LogP contribution is -2.15. The summed E-state index contributed by atoms with van der Waals surface area (Å²) in [7, 11) is 1.32. The standard InChI is InChI=1S/C10H13NO4/c1-5(12)7-4-8(14)10(15-3)9(11-7)6(2)13/h4-5,12H,1-3H3,(H,11,14). The smallest absolute Gasteiger partial charge is 0.224 e. The number of aliphatic hydroxyl groups excluding tert-OH is 1. The number of aromatic amines is 1. The molecule has 15 heavy (non-hydrogen) atoms. The summed E-state index contributed by atoms with van der Waals surface area (Å²) in [5, 5.41) is 9.30. The van der Waals surface area contributed by atoms with Gasteiger partial charge in [0.2, 0.25) is 5.43 Å². The van der Waals surface area contributed by atoms with E-state index in [1.807, 2.05) is 0 Å². The molecule has 1 aromatic heterocycles. The molecule has 0 fully saturated rings. The number of hydrogen-bond donors (Lipinski definition) is 2. The molecule has 0 spiro atoms. The van der Waals surface area contributed by atoms with Gasteiger partial charge in [0.05, 0.1) is 13.2 Å². The number of Topliss-reactive ketones (excluding diaryl/α,β-unsaturated/α-hetero) is 1. The largest absolute Gasteiger partial charge is 0.491 e. The van der Waals surface area contributed by atoms with Gasteiger partial charge >= 0.3 is 0 Å². The van der Waals surface area contributed by atoms with Crippen molar-refractivity contribution in [2.24, 2.45) is 0 Å². The quantitative estimate of drug-likeness (QED) is 0.719. The summed E-state index contributed by atoms with van der Waals surface area (Å²) >= 11 is 0. The number of methoxy groups -OCH3 is 1. The van der Waals surface area contributed by atoms with Crippen LogP contribution in [-0.4, -0.2) is 23.0 Å². The summed E-state index contributed by atoms with van der Waals surface area (Å²) in [6.07, 6.45) is -0.832. The van der Waals surface area contributed by atoms with Crippen LogP contribution >= 0.6 is 0 Å². The summed E-state index contributed by atoms with van der Waals surface area (Å²) in [6.45, 7) is 2.82. The Morgan fingerprint density at radius 3 is 2.60 bits per heavy atom. The highest BCUT2D eigenvalue weighted by molar-refractivity contribution is 5.94. The van der Waals surface area contributed by atoms with Crippen LogP contribution < -0.4 is 10.2 Å². The average Bonchev–Trinajstić information content (AvgIpc) is 2.16. The minimum atomic E-state index is -0.832. The molecule has 1 aromatic rings. The van der Waals surface area contributed by atoms with Gasteiger partial charge in [-0.2, -0.15) is 0 Å². The van der Waals surface area contributed by atoms with Gasteiger partial charge in [0.15, 0.2) is 11.5 Å². The maximum atomic E-state index is 11.5. The van der Waals surface area contributed by atoms with Crippen LogP contribution in [0.15, 0.2) is 10.9 Å². The first-order valence-electron chi connectivity index (χ1n) is 4.47. The Bertz CT molecular complexity index is 434. The monoisotopic (exact) mass is 211 g/mol. The fourth-order valence-electron chi connectivity index (χ4n) is 1.24. The van der Waals surface area contributed by atoms with Crippen LogP contribution in [0, 0.1) is 0 Å². The molecule has 0 aliphatic carbocycles. The summed E-state index contributed by atoms with van der Waals surface area (Å²) < 4.78 is 4.83. The van der Waals surface area contributed by atoms with Gasteiger partial charge < -0.3 is 14.8 Å². The van der Waals surface area contributed by atoms with Crippen molar-refractivity contribution in [3.8, 4) is 5.75 Å². The zero-order chi connectivity index (χ0) is 11.6. The number of pyridine rings is 1. The van der Waals surface area contributed by atoms with Crippen LogP contribution in [0.2, 0.25) is 0 Å². The molecule has 1 unspecified atom stereocenters. The molecule has 2 N–H and O–H groups in total. The van der Waals surface area contributed by atoms with E-state index < -0.39 is 11.5 Å². The zero-order valence-corrected chi connectivity index (χ0v) is 8.83. The Hall–Kier alpha value is -1.62. The van der Waals surface area contributed by atoms with Crippen molar-refractivity contribution >= 4 is 5.78 Å². The van der Waals surface area contributed by atoms with E-state index in [1.54, 1.807) is 0 Å². The fourth-order valence-corrected chi connectivity index (χ4v) is 1.24. The molecule has 5 heteroatoms. The topological polar surface area (TPSA) is 79.4 Å². The summed E-state index contributed by atoms with van der Waals surface area (Å²) in [6, 6.07) is 1.22. The molecule has 5 nitrogen and oxygen atoms in total. The van der Waals surface area contributed by atoms with E-state index in [0.29, 0.717) is 5.69 Å². The van der Waals surface area contributed by atoms with E-state index in [1.165, 1.54) is 27.0 Å². The highest BCUT2D eigenvalue weighted by atomic mass is 16.5. The Morgan fingerprint density at radius 1 is 1.60 bits per heavy atom. The number of ether oxygens (including phenoxy) is 1.